The van der Waals surface area contributed by atoms with Crippen molar-refractivity contribution in [2.24, 2.45) is 13.0 Å². The molecule has 0 unspecified atom stereocenters. The van der Waals surface area contributed by atoms with Gasteiger partial charge >= 0.3 is 0 Å². The maximum absolute atomic E-state index is 12.0. The van der Waals surface area contributed by atoms with Crippen LogP contribution in [-0.2, 0) is 13.5 Å². The van der Waals surface area contributed by atoms with Gasteiger partial charge in [0.15, 0.2) is 5.78 Å². The molecule has 0 amide bonds. The van der Waals surface area contributed by atoms with Gasteiger partial charge in [-0.3, -0.25) is 4.79 Å². The van der Waals surface area contributed by atoms with Gasteiger partial charge < -0.3 is 4.57 Å². The highest BCUT2D eigenvalue weighted by Crippen LogP contribution is 2.15. The highest BCUT2D eigenvalue weighted by molar-refractivity contribution is 5.96. The van der Waals surface area contributed by atoms with Crippen molar-refractivity contribution >= 4 is 5.78 Å². The van der Waals surface area contributed by atoms with Crippen LogP contribution in [0.25, 0.3) is 0 Å². The van der Waals surface area contributed by atoms with E-state index in [1.165, 1.54) is 11.3 Å². The van der Waals surface area contributed by atoms with Gasteiger partial charge in [0.2, 0.25) is 0 Å². The van der Waals surface area contributed by atoms with E-state index in [1.807, 2.05) is 55.8 Å². The predicted molar refractivity (Wildman–Crippen MR) is 73.8 cm³/mol. The molecule has 94 valence electrons. The van der Waals surface area contributed by atoms with Gasteiger partial charge in [0, 0.05) is 25.1 Å². The highest BCUT2D eigenvalue weighted by atomic mass is 16.1. The zero-order valence-corrected chi connectivity index (χ0v) is 11.2. The summed E-state index contributed by atoms with van der Waals surface area (Å²) < 4.78 is 2.01. The zero-order valence-electron chi connectivity index (χ0n) is 11.2. The van der Waals surface area contributed by atoms with Crippen molar-refractivity contribution in [1.29, 1.82) is 0 Å². The van der Waals surface area contributed by atoms with E-state index in [0.29, 0.717) is 0 Å². The SMILES string of the molecule is CC(C)C(=O)c1ccc(Cc2ccccc2)n1C. The zero-order chi connectivity index (χ0) is 13.1. The maximum Gasteiger partial charge on any atom is 0.181 e. The third-order valence-corrected chi connectivity index (χ3v) is 3.23. The van der Waals surface area contributed by atoms with Gasteiger partial charge in [0.1, 0.15) is 0 Å². The molecule has 0 spiro atoms. The van der Waals surface area contributed by atoms with Crippen LogP contribution >= 0.6 is 0 Å². The number of rotatable bonds is 4. The Hall–Kier alpha value is -1.83. The van der Waals surface area contributed by atoms with Crippen molar-refractivity contribution < 1.29 is 4.79 Å². The molecule has 0 aliphatic heterocycles. The van der Waals surface area contributed by atoms with E-state index >= 15 is 0 Å². The van der Waals surface area contributed by atoms with Crippen LogP contribution in [0.3, 0.4) is 0 Å². The lowest BCUT2D eigenvalue weighted by molar-refractivity contribution is 0.0931. The maximum atomic E-state index is 12.0. The molecule has 2 nitrogen and oxygen atoms in total. The highest BCUT2D eigenvalue weighted by Gasteiger charge is 2.15. The molecule has 0 aliphatic carbocycles. The minimum Gasteiger partial charge on any atom is -0.345 e. The number of Topliss-reactive ketones (excluding diaryl/α,β-unsaturated/α-hetero) is 1. The Morgan fingerprint density at radius 2 is 1.78 bits per heavy atom. The van der Waals surface area contributed by atoms with Gasteiger partial charge in [-0.1, -0.05) is 44.2 Å². The minimum atomic E-state index is 0.0446. The lowest BCUT2D eigenvalue weighted by Crippen LogP contribution is -2.13. The predicted octanol–water partition coefficient (Wildman–Crippen LogP) is 3.45. The largest absolute Gasteiger partial charge is 0.345 e. The van der Waals surface area contributed by atoms with Crippen molar-refractivity contribution in [1.82, 2.24) is 4.57 Å². The summed E-state index contributed by atoms with van der Waals surface area (Å²) in [5.41, 5.74) is 3.24. The summed E-state index contributed by atoms with van der Waals surface area (Å²) in [6.45, 7) is 3.87. The average molecular weight is 241 g/mol. The number of carbonyl (C=O) groups is 1. The van der Waals surface area contributed by atoms with Crippen LogP contribution in [0.15, 0.2) is 42.5 Å². The van der Waals surface area contributed by atoms with Crippen molar-refractivity contribution in [2.45, 2.75) is 20.3 Å². The second-order valence-corrected chi connectivity index (χ2v) is 4.95. The lowest BCUT2D eigenvalue weighted by atomic mass is 10.1. The summed E-state index contributed by atoms with van der Waals surface area (Å²) >= 11 is 0. The van der Waals surface area contributed by atoms with E-state index in [-0.39, 0.29) is 11.7 Å². The molecule has 0 fully saturated rings. The fourth-order valence-electron chi connectivity index (χ4n) is 2.08. The van der Waals surface area contributed by atoms with E-state index < -0.39 is 0 Å². The van der Waals surface area contributed by atoms with E-state index in [4.69, 9.17) is 0 Å². The van der Waals surface area contributed by atoms with Gasteiger partial charge in [0.25, 0.3) is 0 Å². The van der Waals surface area contributed by atoms with E-state index in [1.54, 1.807) is 0 Å². The van der Waals surface area contributed by atoms with Crippen molar-refractivity contribution in [3.05, 3.63) is 59.4 Å². The molecule has 0 saturated heterocycles. The molecule has 1 heterocycles. The molecule has 2 rings (SSSR count). The Labute approximate surface area is 108 Å². The molecule has 1 aromatic heterocycles. The minimum absolute atomic E-state index is 0.0446. The van der Waals surface area contributed by atoms with E-state index in [2.05, 4.69) is 12.1 Å². The summed E-state index contributed by atoms with van der Waals surface area (Å²) in [6, 6.07) is 14.3. The molecule has 0 N–H and O–H groups in total. The number of carbonyl (C=O) groups excluding carboxylic acids is 1. The Morgan fingerprint density at radius 3 is 2.39 bits per heavy atom. The normalized spacial score (nSPS) is 10.9. The van der Waals surface area contributed by atoms with Crippen molar-refractivity contribution in [3.63, 3.8) is 0 Å². The Balaban J connectivity index is 2.24. The molecule has 0 radical (unpaired) electrons. The first-order valence-electron chi connectivity index (χ1n) is 6.32. The molecule has 0 saturated carbocycles. The first-order valence-corrected chi connectivity index (χ1v) is 6.32. The molecule has 18 heavy (non-hydrogen) atoms. The van der Waals surface area contributed by atoms with Crippen LogP contribution in [-0.4, -0.2) is 10.4 Å². The monoisotopic (exact) mass is 241 g/mol. The average Bonchev–Trinajstić information content (AvgIpc) is 2.71. The van der Waals surface area contributed by atoms with E-state index in [0.717, 1.165) is 12.1 Å². The van der Waals surface area contributed by atoms with Crippen LogP contribution in [0.5, 0.6) is 0 Å². The summed E-state index contributed by atoms with van der Waals surface area (Å²) in [5, 5.41) is 0. The quantitative estimate of drug-likeness (QED) is 0.751. The van der Waals surface area contributed by atoms with Crippen molar-refractivity contribution in [2.75, 3.05) is 0 Å². The smallest absolute Gasteiger partial charge is 0.181 e. The molecular formula is C16H19NO. The van der Waals surface area contributed by atoms with Gasteiger partial charge in [-0.2, -0.15) is 0 Å². The third-order valence-electron chi connectivity index (χ3n) is 3.23. The van der Waals surface area contributed by atoms with Crippen LogP contribution in [0, 0.1) is 5.92 Å². The second kappa shape index (κ2) is 5.21. The Kier molecular flexibility index (Phi) is 3.66. The molecule has 0 atom stereocenters. The molecule has 2 heteroatoms. The summed E-state index contributed by atoms with van der Waals surface area (Å²) in [5.74, 6) is 0.250. The number of hydrogen-bond donors (Lipinski definition) is 0. The fraction of sp³-hybridized carbons (Fsp3) is 0.312. The lowest BCUT2D eigenvalue weighted by Gasteiger charge is -2.09. The summed E-state index contributed by atoms with van der Waals surface area (Å²) in [6.07, 6.45) is 0.864. The first-order chi connectivity index (χ1) is 8.59. The topological polar surface area (TPSA) is 22.0 Å². The van der Waals surface area contributed by atoms with Crippen molar-refractivity contribution in [3.8, 4) is 0 Å². The van der Waals surface area contributed by atoms with Crippen LogP contribution in [0.1, 0.15) is 35.6 Å². The van der Waals surface area contributed by atoms with Gasteiger partial charge in [-0.05, 0) is 17.7 Å². The molecule has 2 aromatic rings. The number of nitrogens with zero attached hydrogens (tertiary/aromatic N) is 1. The van der Waals surface area contributed by atoms with Gasteiger partial charge in [-0.15, -0.1) is 0 Å². The molecule has 1 aromatic carbocycles. The summed E-state index contributed by atoms with van der Waals surface area (Å²) in [4.78, 5) is 12.0. The summed E-state index contributed by atoms with van der Waals surface area (Å²) in [7, 11) is 1.97. The second-order valence-electron chi connectivity index (χ2n) is 4.95. The number of benzene rings is 1. The standard InChI is InChI=1S/C16H19NO/c1-12(2)16(18)15-10-9-14(17(15)3)11-13-7-5-4-6-8-13/h4-10,12H,11H2,1-3H3. The number of hydrogen-bond acceptors (Lipinski definition) is 1. The Bertz CT molecular complexity index is 537. The molecule has 0 aliphatic rings. The van der Waals surface area contributed by atoms with Crippen LogP contribution in [0.4, 0.5) is 0 Å². The number of ketones is 1. The van der Waals surface area contributed by atoms with Crippen LogP contribution in [0.2, 0.25) is 0 Å². The van der Waals surface area contributed by atoms with Gasteiger partial charge in [0.05, 0.1) is 5.69 Å². The fourth-order valence-corrected chi connectivity index (χ4v) is 2.08. The molecular weight excluding hydrogens is 222 g/mol. The molecule has 0 bridgehead atoms. The Morgan fingerprint density at radius 1 is 1.11 bits per heavy atom. The first kappa shape index (κ1) is 12.6. The third kappa shape index (κ3) is 2.53. The van der Waals surface area contributed by atoms with E-state index in [9.17, 15) is 4.79 Å². The van der Waals surface area contributed by atoms with Crippen LogP contribution < -0.4 is 0 Å². The number of aromatic nitrogens is 1. The van der Waals surface area contributed by atoms with Gasteiger partial charge in [-0.25, -0.2) is 0 Å².